The smallest absolute Gasteiger partial charge is 0.384 e. The summed E-state index contributed by atoms with van der Waals surface area (Å²) in [6.45, 7) is 0.598. The molecule has 2 nitrogen and oxygen atoms in total. The van der Waals surface area contributed by atoms with Crippen LogP contribution in [-0.4, -0.2) is 11.5 Å². The van der Waals surface area contributed by atoms with Crippen molar-refractivity contribution in [1.29, 1.82) is 0 Å². The Morgan fingerprint density at radius 3 is 2.55 bits per heavy atom. The molecule has 0 amide bonds. The highest BCUT2D eigenvalue weighted by Crippen LogP contribution is 2.33. The summed E-state index contributed by atoms with van der Waals surface area (Å²) in [4.78, 5) is 4.18. The molecule has 20 heavy (non-hydrogen) atoms. The van der Waals surface area contributed by atoms with Gasteiger partial charge in [-0.15, -0.1) is 0 Å². The topological polar surface area (TPSA) is 24.9 Å². The fourth-order valence-electron chi connectivity index (χ4n) is 1.71. The van der Waals surface area contributed by atoms with Crippen molar-refractivity contribution in [2.24, 2.45) is 0 Å². The molecule has 0 saturated heterocycles. The van der Waals surface area contributed by atoms with Gasteiger partial charge in [-0.2, -0.15) is 13.2 Å². The van der Waals surface area contributed by atoms with Crippen molar-refractivity contribution in [3.63, 3.8) is 0 Å². The van der Waals surface area contributed by atoms with Gasteiger partial charge in [0.05, 0.1) is 5.56 Å². The third-order valence-electron chi connectivity index (χ3n) is 2.72. The molecular weight excluding hydrogens is 333 g/mol. The van der Waals surface area contributed by atoms with Crippen molar-refractivity contribution in [1.82, 2.24) is 4.98 Å². The standard InChI is InChI=1S/C14H12BrF3N2/c15-12-9-10(14(16,17)18)4-5-13(12)20-8-6-11-3-1-2-7-19-11/h1-5,7,9,20H,6,8H2. The van der Waals surface area contributed by atoms with Gasteiger partial charge < -0.3 is 5.32 Å². The average molecular weight is 345 g/mol. The van der Waals surface area contributed by atoms with Crippen LogP contribution in [0, 0.1) is 0 Å². The first kappa shape index (κ1) is 14.8. The van der Waals surface area contributed by atoms with Crippen molar-refractivity contribution >= 4 is 21.6 Å². The molecule has 0 fully saturated rings. The van der Waals surface area contributed by atoms with Gasteiger partial charge in [0.15, 0.2) is 0 Å². The molecule has 1 aromatic heterocycles. The van der Waals surface area contributed by atoms with E-state index in [9.17, 15) is 13.2 Å². The van der Waals surface area contributed by atoms with Crippen molar-refractivity contribution in [2.45, 2.75) is 12.6 Å². The maximum absolute atomic E-state index is 12.5. The summed E-state index contributed by atoms with van der Waals surface area (Å²) in [5.74, 6) is 0. The summed E-state index contributed by atoms with van der Waals surface area (Å²) >= 11 is 3.15. The van der Waals surface area contributed by atoms with Gasteiger partial charge in [0, 0.05) is 35.0 Å². The minimum absolute atomic E-state index is 0.397. The van der Waals surface area contributed by atoms with Crippen LogP contribution in [0.4, 0.5) is 18.9 Å². The average Bonchev–Trinajstić information content (AvgIpc) is 2.40. The summed E-state index contributed by atoms with van der Waals surface area (Å²) in [5, 5.41) is 3.09. The second-order valence-electron chi connectivity index (χ2n) is 4.19. The van der Waals surface area contributed by atoms with Gasteiger partial charge in [0.25, 0.3) is 0 Å². The summed E-state index contributed by atoms with van der Waals surface area (Å²) in [5.41, 5.74) is 0.900. The highest BCUT2D eigenvalue weighted by molar-refractivity contribution is 9.10. The summed E-state index contributed by atoms with van der Waals surface area (Å²) in [6, 6.07) is 9.20. The third kappa shape index (κ3) is 3.96. The first-order chi connectivity index (χ1) is 9.47. The maximum atomic E-state index is 12.5. The quantitative estimate of drug-likeness (QED) is 0.882. The number of alkyl halides is 3. The van der Waals surface area contributed by atoms with Crippen LogP contribution in [0.1, 0.15) is 11.3 Å². The molecule has 0 aliphatic carbocycles. The number of nitrogens with zero attached hydrogens (tertiary/aromatic N) is 1. The Bertz CT molecular complexity index is 570. The fraction of sp³-hybridized carbons (Fsp3) is 0.214. The molecule has 1 aromatic carbocycles. The minimum Gasteiger partial charge on any atom is -0.384 e. The van der Waals surface area contributed by atoms with Crippen LogP contribution in [0.3, 0.4) is 0 Å². The predicted octanol–water partition coefficient (Wildman–Crippen LogP) is 4.52. The Labute approximate surface area is 123 Å². The van der Waals surface area contributed by atoms with Crippen LogP contribution in [0.25, 0.3) is 0 Å². The van der Waals surface area contributed by atoms with Crippen molar-refractivity contribution < 1.29 is 13.2 Å². The molecule has 1 heterocycles. The number of anilines is 1. The zero-order valence-corrected chi connectivity index (χ0v) is 12.0. The highest BCUT2D eigenvalue weighted by atomic mass is 79.9. The van der Waals surface area contributed by atoms with Crippen LogP contribution in [-0.2, 0) is 12.6 Å². The molecule has 0 radical (unpaired) electrons. The van der Waals surface area contributed by atoms with E-state index in [1.54, 1.807) is 6.20 Å². The Hall–Kier alpha value is -1.56. The van der Waals surface area contributed by atoms with E-state index in [0.29, 0.717) is 23.1 Å². The zero-order chi connectivity index (χ0) is 14.6. The predicted molar refractivity (Wildman–Crippen MR) is 75.6 cm³/mol. The van der Waals surface area contributed by atoms with Crippen molar-refractivity contribution in [3.05, 3.63) is 58.3 Å². The van der Waals surface area contributed by atoms with Gasteiger partial charge in [-0.3, -0.25) is 4.98 Å². The number of benzene rings is 1. The van der Waals surface area contributed by atoms with Gasteiger partial charge in [-0.05, 0) is 46.3 Å². The molecule has 2 aromatic rings. The molecule has 0 atom stereocenters. The van der Waals surface area contributed by atoms with E-state index in [0.717, 1.165) is 17.8 Å². The number of pyridine rings is 1. The van der Waals surface area contributed by atoms with Crippen molar-refractivity contribution in [3.8, 4) is 0 Å². The molecule has 0 unspecified atom stereocenters. The highest BCUT2D eigenvalue weighted by Gasteiger charge is 2.30. The van der Waals surface area contributed by atoms with Crippen LogP contribution in [0.15, 0.2) is 47.1 Å². The van der Waals surface area contributed by atoms with E-state index in [1.807, 2.05) is 18.2 Å². The minimum atomic E-state index is -4.32. The molecule has 106 valence electrons. The van der Waals surface area contributed by atoms with E-state index in [1.165, 1.54) is 6.07 Å². The normalized spacial score (nSPS) is 11.4. The van der Waals surface area contributed by atoms with Crippen LogP contribution in [0.5, 0.6) is 0 Å². The van der Waals surface area contributed by atoms with Gasteiger partial charge in [0.2, 0.25) is 0 Å². The number of halogens is 4. The lowest BCUT2D eigenvalue weighted by Crippen LogP contribution is -2.08. The fourth-order valence-corrected chi connectivity index (χ4v) is 2.23. The van der Waals surface area contributed by atoms with Crippen LogP contribution >= 0.6 is 15.9 Å². The monoisotopic (exact) mass is 344 g/mol. The summed E-state index contributed by atoms with van der Waals surface area (Å²) < 4.78 is 38.0. The molecule has 1 N–H and O–H groups in total. The van der Waals surface area contributed by atoms with E-state index in [4.69, 9.17) is 0 Å². The second kappa shape index (κ2) is 6.26. The number of hydrogen-bond acceptors (Lipinski definition) is 2. The Kier molecular flexibility index (Phi) is 4.65. The maximum Gasteiger partial charge on any atom is 0.416 e. The van der Waals surface area contributed by atoms with Gasteiger partial charge in [-0.25, -0.2) is 0 Å². The molecule has 2 rings (SSSR count). The number of aromatic nitrogens is 1. The van der Waals surface area contributed by atoms with E-state index < -0.39 is 11.7 Å². The first-order valence-corrected chi connectivity index (χ1v) is 6.76. The lowest BCUT2D eigenvalue weighted by Gasteiger charge is -2.11. The Morgan fingerprint density at radius 1 is 1.15 bits per heavy atom. The SMILES string of the molecule is FC(F)(F)c1ccc(NCCc2ccccn2)c(Br)c1. The van der Waals surface area contributed by atoms with E-state index >= 15 is 0 Å². The third-order valence-corrected chi connectivity index (χ3v) is 3.38. The second-order valence-corrected chi connectivity index (χ2v) is 5.04. The molecule has 6 heteroatoms. The lowest BCUT2D eigenvalue weighted by molar-refractivity contribution is -0.137. The first-order valence-electron chi connectivity index (χ1n) is 5.97. The lowest BCUT2D eigenvalue weighted by atomic mass is 10.2. The largest absolute Gasteiger partial charge is 0.416 e. The number of rotatable bonds is 4. The molecular formula is C14H12BrF3N2. The summed E-state index contributed by atoms with van der Waals surface area (Å²) in [7, 11) is 0. The van der Waals surface area contributed by atoms with Crippen LogP contribution < -0.4 is 5.32 Å². The van der Waals surface area contributed by atoms with Gasteiger partial charge in [0.1, 0.15) is 0 Å². The molecule has 0 aliphatic rings. The zero-order valence-electron chi connectivity index (χ0n) is 10.4. The number of nitrogens with one attached hydrogen (secondary N) is 1. The van der Waals surface area contributed by atoms with E-state index in [2.05, 4.69) is 26.2 Å². The van der Waals surface area contributed by atoms with E-state index in [-0.39, 0.29) is 0 Å². The van der Waals surface area contributed by atoms with Crippen LogP contribution in [0.2, 0.25) is 0 Å². The van der Waals surface area contributed by atoms with Gasteiger partial charge in [-0.1, -0.05) is 6.07 Å². The number of hydrogen-bond donors (Lipinski definition) is 1. The molecule has 0 spiro atoms. The molecule has 0 aliphatic heterocycles. The Balaban J connectivity index is 1.97. The summed E-state index contributed by atoms with van der Waals surface area (Å²) in [6.07, 6.45) is -1.91. The van der Waals surface area contributed by atoms with Crippen molar-refractivity contribution in [2.75, 3.05) is 11.9 Å². The molecule has 0 saturated carbocycles. The van der Waals surface area contributed by atoms with Gasteiger partial charge >= 0.3 is 6.18 Å². The molecule has 0 bridgehead atoms. The Morgan fingerprint density at radius 2 is 1.95 bits per heavy atom.